The van der Waals surface area contributed by atoms with E-state index in [4.69, 9.17) is 0 Å². The lowest BCUT2D eigenvalue weighted by atomic mass is 10.1. The van der Waals surface area contributed by atoms with Gasteiger partial charge in [0, 0.05) is 24.8 Å². The van der Waals surface area contributed by atoms with Crippen LogP contribution in [0.25, 0.3) is 0 Å². The average Bonchev–Trinajstić information content (AvgIpc) is 2.63. The van der Waals surface area contributed by atoms with Gasteiger partial charge in [0.25, 0.3) is 0 Å². The Morgan fingerprint density at radius 2 is 1.85 bits per heavy atom. The van der Waals surface area contributed by atoms with Gasteiger partial charge in [-0.2, -0.15) is 4.31 Å². The molecule has 0 saturated carbocycles. The fourth-order valence-electron chi connectivity index (χ4n) is 3.12. The summed E-state index contributed by atoms with van der Waals surface area (Å²) in [6.07, 6.45) is 5.12. The molecular weight excluding hydrogens is 272 g/mol. The van der Waals surface area contributed by atoms with Crippen molar-refractivity contribution in [3.63, 3.8) is 0 Å². The molecule has 0 aromatic heterocycles. The minimum atomic E-state index is -3.32. The van der Waals surface area contributed by atoms with Crippen molar-refractivity contribution in [2.45, 2.75) is 50.0 Å². The number of anilines is 1. The predicted molar refractivity (Wildman–Crippen MR) is 80.5 cm³/mol. The zero-order valence-corrected chi connectivity index (χ0v) is 12.7. The fourth-order valence-corrected chi connectivity index (χ4v) is 4.69. The molecule has 0 bridgehead atoms. The van der Waals surface area contributed by atoms with Crippen LogP contribution in [0.1, 0.15) is 38.2 Å². The van der Waals surface area contributed by atoms with Crippen molar-refractivity contribution in [2.24, 2.45) is 0 Å². The third-order valence-corrected chi connectivity index (χ3v) is 6.10. The summed E-state index contributed by atoms with van der Waals surface area (Å²) < 4.78 is 27.1. The van der Waals surface area contributed by atoms with Crippen LogP contribution in [0.15, 0.2) is 23.1 Å². The first-order chi connectivity index (χ1) is 9.57. The van der Waals surface area contributed by atoms with Crippen molar-refractivity contribution in [2.75, 3.05) is 18.4 Å². The Bertz CT molecular complexity index is 590. The lowest BCUT2D eigenvalue weighted by Gasteiger charge is -2.20. The summed E-state index contributed by atoms with van der Waals surface area (Å²) in [4.78, 5) is 0.453. The molecule has 0 radical (unpaired) electrons. The molecule has 1 atom stereocenters. The third kappa shape index (κ3) is 2.56. The van der Waals surface area contributed by atoms with Crippen molar-refractivity contribution in [1.82, 2.24) is 4.31 Å². The van der Waals surface area contributed by atoms with Gasteiger partial charge in [-0.3, -0.25) is 0 Å². The van der Waals surface area contributed by atoms with Crippen molar-refractivity contribution in [3.8, 4) is 0 Å². The molecule has 0 aliphatic carbocycles. The number of benzene rings is 1. The Balaban J connectivity index is 1.89. The van der Waals surface area contributed by atoms with E-state index in [2.05, 4.69) is 12.2 Å². The van der Waals surface area contributed by atoms with Crippen molar-refractivity contribution < 1.29 is 8.42 Å². The van der Waals surface area contributed by atoms with Crippen LogP contribution in [0.4, 0.5) is 5.69 Å². The third-order valence-electron chi connectivity index (χ3n) is 4.21. The lowest BCUT2D eigenvalue weighted by molar-refractivity contribution is 0.423. The summed E-state index contributed by atoms with van der Waals surface area (Å²) >= 11 is 0. The second-order valence-electron chi connectivity index (χ2n) is 5.89. The maximum Gasteiger partial charge on any atom is 0.243 e. The van der Waals surface area contributed by atoms with E-state index in [9.17, 15) is 8.42 Å². The van der Waals surface area contributed by atoms with Crippen LogP contribution >= 0.6 is 0 Å². The number of rotatable bonds is 2. The maximum atomic E-state index is 12.7. The van der Waals surface area contributed by atoms with Crippen LogP contribution in [0.3, 0.4) is 0 Å². The number of nitrogens with one attached hydrogen (secondary N) is 1. The first-order valence-corrected chi connectivity index (χ1v) is 8.91. The predicted octanol–water partition coefficient (Wildman–Crippen LogP) is 2.61. The minimum Gasteiger partial charge on any atom is -0.382 e. The number of nitrogens with zero attached hydrogens (tertiary/aromatic N) is 1. The number of fused-ring (bicyclic) bond motifs is 1. The molecule has 20 heavy (non-hydrogen) atoms. The zero-order valence-electron chi connectivity index (χ0n) is 11.9. The van der Waals surface area contributed by atoms with Crippen LogP contribution < -0.4 is 5.32 Å². The van der Waals surface area contributed by atoms with Gasteiger partial charge in [-0.1, -0.05) is 12.8 Å². The van der Waals surface area contributed by atoms with Crippen molar-refractivity contribution in [3.05, 3.63) is 23.8 Å². The van der Waals surface area contributed by atoms with Gasteiger partial charge in [-0.25, -0.2) is 8.42 Å². The Hall–Kier alpha value is -1.07. The van der Waals surface area contributed by atoms with E-state index in [-0.39, 0.29) is 0 Å². The number of hydrogen-bond donors (Lipinski definition) is 1. The molecule has 4 nitrogen and oxygen atoms in total. The lowest BCUT2D eigenvalue weighted by Crippen LogP contribution is -2.31. The van der Waals surface area contributed by atoms with Crippen molar-refractivity contribution >= 4 is 15.7 Å². The zero-order chi connectivity index (χ0) is 14.2. The molecule has 2 aliphatic heterocycles. The smallest absolute Gasteiger partial charge is 0.243 e. The van der Waals surface area contributed by atoms with Gasteiger partial charge < -0.3 is 5.32 Å². The molecule has 2 heterocycles. The van der Waals surface area contributed by atoms with Gasteiger partial charge in [0.05, 0.1) is 4.90 Å². The first-order valence-electron chi connectivity index (χ1n) is 7.47. The fraction of sp³-hybridized carbons (Fsp3) is 0.600. The standard InChI is InChI=1S/C15H22N2O2S/c1-12-10-13-11-14(6-7-15(13)16-12)20(18,19)17-8-4-2-3-5-9-17/h6-7,11-12,16H,2-5,8-10H2,1H3/t12-/m0/s1. The monoisotopic (exact) mass is 294 g/mol. The van der Waals surface area contributed by atoms with Crippen LogP contribution in [0.5, 0.6) is 0 Å². The van der Waals surface area contributed by atoms with E-state index in [1.807, 2.05) is 12.1 Å². The highest BCUT2D eigenvalue weighted by Gasteiger charge is 2.27. The van der Waals surface area contributed by atoms with Crippen LogP contribution in [-0.4, -0.2) is 31.9 Å². The molecule has 1 aromatic carbocycles. The van der Waals surface area contributed by atoms with E-state index in [0.29, 0.717) is 24.0 Å². The molecule has 5 heteroatoms. The highest BCUT2D eigenvalue weighted by Crippen LogP contribution is 2.29. The van der Waals surface area contributed by atoms with Gasteiger partial charge in [-0.15, -0.1) is 0 Å². The summed E-state index contributed by atoms with van der Waals surface area (Å²) in [6, 6.07) is 5.89. The van der Waals surface area contributed by atoms with Crippen molar-refractivity contribution in [1.29, 1.82) is 0 Å². The minimum absolute atomic E-state index is 0.390. The topological polar surface area (TPSA) is 49.4 Å². The number of hydrogen-bond acceptors (Lipinski definition) is 3. The van der Waals surface area contributed by atoms with Gasteiger partial charge in [-0.05, 0) is 49.9 Å². The second kappa shape index (κ2) is 5.37. The average molecular weight is 294 g/mol. The molecule has 1 saturated heterocycles. The van der Waals surface area contributed by atoms with E-state index in [1.54, 1.807) is 10.4 Å². The molecule has 2 aliphatic rings. The molecule has 3 rings (SSSR count). The van der Waals surface area contributed by atoms with E-state index >= 15 is 0 Å². The summed E-state index contributed by atoms with van der Waals surface area (Å²) in [5.41, 5.74) is 2.20. The quantitative estimate of drug-likeness (QED) is 0.912. The summed E-state index contributed by atoms with van der Waals surface area (Å²) in [5.74, 6) is 0. The Morgan fingerprint density at radius 3 is 2.55 bits per heavy atom. The molecule has 0 spiro atoms. The SMILES string of the molecule is C[C@H]1Cc2cc(S(=O)(=O)N3CCCCCC3)ccc2N1. The Labute approximate surface area is 121 Å². The molecular formula is C15H22N2O2S. The molecule has 1 fully saturated rings. The van der Waals surface area contributed by atoms with Gasteiger partial charge in [0.1, 0.15) is 0 Å². The van der Waals surface area contributed by atoms with E-state index in [0.717, 1.165) is 43.4 Å². The second-order valence-corrected chi connectivity index (χ2v) is 7.82. The summed E-state index contributed by atoms with van der Waals surface area (Å²) in [6.45, 7) is 3.44. The van der Waals surface area contributed by atoms with Crippen LogP contribution in [0.2, 0.25) is 0 Å². The summed E-state index contributed by atoms with van der Waals surface area (Å²) in [7, 11) is -3.32. The molecule has 1 aromatic rings. The van der Waals surface area contributed by atoms with Gasteiger partial charge >= 0.3 is 0 Å². The van der Waals surface area contributed by atoms with Crippen LogP contribution in [-0.2, 0) is 16.4 Å². The highest BCUT2D eigenvalue weighted by molar-refractivity contribution is 7.89. The first kappa shape index (κ1) is 13.9. The highest BCUT2D eigenvalue weighted by atomic mass is 32.2. The maximum absolute atomic E-state index is 12.7. The Kier molecular flexibility index (Phi) is 3.73. The molecule has 1 N–H and O–H groups in total. The van der Waals surface area contributed by atoms with Gasteiger partial charge in [0.2, 0.25) is 10.0 Å². The number of sulfonamides is 1. The molecule has 0 amide bonds. The van der Waals surface area contributed by atoms with Crippen LogP contribution in [0, 0.1) is 0 Å². The van der Waals surface area contributed by atoms with E-state index in [1.165, 1.54) is 0 Å². The summed E-state index contributed by atoms with van der Waals surface area (Å²) in [5, 5.41) is 3.36. The molecule has 110 valence electrons. The van der Waals surface area contributed by atoms with E-state index < -0.39 is 10.0 Å². The normalized spacial score (nSPS) is 23.9. The Morgan fingerprint density at radius 1 is 1.15 bits per heavy atom. The largest absolute Gasteiger partial charge is 0.382 e. The van der Waals surface area contributed by atoms with Gasteiger partial charge in [0.15, 0.2) is 0 Å². The molecule has 0 unspecified atom stereocenters.